The number of hydrogen-bond acceptors (Lipinski definition) is 4. The molecule has 3 rings (SSSR count). The van der Waals surface area contributed by atoms with Crippen molar-refractivity contribution in [2.45, 2.75) is 39.5 Å². The van der Waals surface area contributed by atoms with Gasteiger partial charge >= 0.3 is 0 Å². The SMILES string of the molecule is CC(C)N(Cc1csc(COc2ccccc2)n1)C(=O)Cc1ccccc1. The number of rotatable bonds is 8. The Labute approximate surface area is 164 Å². The molecule has 2 aromatic carbocycles. The summed E-state index contributed by atoms with van der Waals surface area (Å²) >= 11 is 1.56. The van der Waals surface area contributed by atoms with E-state index in [4.69, 9.17) is 4.74 Å². The van der Waals surface area contributed by atoms with Gasteiger partial charge in [0.25, 0.3) is 0 Å². The van der Waals surface area contributed by atoms with E-state index in [1.54, 1.807) is 11.3 Å². The van der Waals surface area contributed by atoms with Gasteiger partial charge in [-0.05, 0) is 31.5 Å². The number of ether oxygens (including phenoxy) is 1. The van der Waals surface area contributed by atoms with E-state index in [-0.39, 0.29) is 11.9 Å². The number of para-hydroxylation sites is 1. The average Bonchev–Trinajstić information content (AvgIpc) is 3.13. The zero-order valence-electron chi connectivity index (χ0n) is 15.7. The highest BCUT2D eigenvalue weighted by atomic mass is 32.1. The minimum atomic E-state index is 0.117. The van der Waals surface area contributed by atoms with Crippen LogP contribution in [0.15, 0.2) is 66.0 Å². The first kappa shape index (κ1) is 19.1. The van der Waals surface area contributed by atoms with Crippen LogP contribution in [0.5, 0.6) is 5.75 Å². The summed E-state index contributed by atoms with van der Waals surface area (Å²) in [5.41, 5.74) is 1.94. The van der Waals surface area contributed by atoms with Crippen molar-refractivity contribution in [2.24, 2.45) is 0 Å². The maximum Gasteiger partial charge on any atom is 0.227 e. The molecule has 0 aliphatic carbocycles. The van der Waals surface area contributed by atoms with Crippen LogP contribution in [0.1, 0.15) is 30.1 Å². The molecule has 1 heterocycles. The molecule has 0 fully saturated rings. The Morgan fingerprint density at radius 2 is 1.74 bits per heavy atom. The number of aromatic nitrogens is 1. The second kappa shape index (κ2) is 9.33. The number of hydrogen-bond donors (Lipinski definition) is 0. The van der Waals surface area contributed by atoms with Gasteiger partial charge in [-0.1, -0.05) is 48.5 Å². The van der Waals surface area contributed by atoms with Crippen LogP contribution in [0, 0.1) is 0 Å². The molecule has 0 spiro atoms. The molecule has 0 aliphatic heterocycles. The van der Waals surface area contributed by atoms with Gasteiger partial charge < -0.3 is 9.64 Å². The molecule has 0 atom stereocenters. The van der Waals surface area contributed by atoms with E-state index in [2.05, 4.69) is 4.98 Å². The van der Waals surface area contributed by atoms with Crippen LogP contribution in [0.4, 0.5) is 0 Å². The van der Waals surface area contributed by atoms with Gasteiger partial charge in [-0.15, -0.1) is 11.3 Å². The molecule has 1 amide bonds. The molecular weight excluding hydrogens is 356 g/mol. The van der Waals surface area contributed by atoms with Crippen molar-refractivity contribution in [3.05, 3.63) is 82.3 Å². The van der Waals surface area contributed by atoms with Gasteiger partial charge in [-0.25, -0.2) is 4.98 Å². The van der Waals surface area contributed by atoms with E-state index >= 15 is 0 Å². The van der Waals surface area contributed by atoms with E-state index in [1.807, 2.05) is 84.8 Å². The molecule has 0 saturated carbocycles. The van der Waals surface area contributed by atoms with Crippen molar-refractivity contribution < 1.29 is 9.53 Å². The first-order valence-corrected chi connectivity index (χ1v) is 9.94. The summed E-state index contributed by atoms with van der Waals surface area (Å²) < 4.78 is 5.75. The van der Waals surface area contributed by atoms with Gasteiger partial charge in [-0.2, -0.15) is 0 Å². The van der Waals surface area contributed by atoms with Crippen molar-refractivity contribution in [3.8, 4) is 5.75 Å². The summed E-state index contributed by atoms with van der Waals surface area (Å²) in [7, 11) is 0. The van der Waals surface area contributed by atoms with Gasteiger partial charge in [0.1, 0.15) is 17.4 Å². The van der Waals surface area contributed by atoms with Crippen LogP contribution in [0.2, 0.25) is 0 Å². The molecule has 1 aromatic heterocycles. The molecule has 4 nitrogen and oxygen atoms in total. The third kappa shape index (κ3) is 5.66. The largest absolute Gasteiger partial charge is 0.486 e. The monoisotopic (exact) mass is 380 g/mol. The zero-order chi connectivity index (χ0) is 19.1. The maximum atomic E-state index is 12.8. The molecular formula is C22H24N2O2S. The zero-order valence-corrected chi connectivity index (χ0v) is 16.5. The van der Waals surface area contributed by atoms with Crippen molar-refractivity contribution in [2.75, 3.05) is 0 Å². The van der Waals surface area contributed by atoms with Crippen LogP contribution in [0.25, 0.3) is 0 Å². The lowest BCUT2D eigenvalue weighted by atomic mass is 10.1. The fourth-order valence-corrected chi connectivity index (χ4v) is 3.45. The first-order valence-electron chi connectivity index (χ1n) is 9.06. The van der Waals surface area contributed by atoms with Gasteiger partial charge in [0.05, 0.1) is 18.7 Å². The van der Waals surface area contributed by atoms with Gasteiger partial charge in [0.2, 0.25) is 5.91 Å². The molecule has 3 aromatic rings. The molecule has 0 N–H and O–H groups in total. The molecule has 0 aliphatic rings. The Morgan fingerprint density at radius 1 is 1.07 bits per heavy atom. The lowest BCUT2D eigenvalue weighted by Gasteiger charge is -2.26. The average molecular weight is 381 g/mol. The van der Waals surface area contributed by atoms with Crippen LogP contribution in [-0.4, -0.2) is 21.8 Å². The highest BCUT2D eigenvalue weighted by Crippen LogP contribution is 2.17. The fraction of sp³-hybridized carbons (Fsp3) is 0.273. The molecule has 0 radical (unpaired) electrons. The van der Waals surface area contributed by atoms with E-state index in [0.717, 1.165) is 22.0 Å². The summed E-state index contributed by atoms with van der Waals surface area (Å²) in [5, 5.41) is 2.92. The van der Waals surface area contributed by atoms with Crippen LogP contribution < -0.4 is 4.74 Å². The number of nitrogens with zero attached hydrogens (tertiary/aromatic N) is 2. The Balaban J connectivity index is 1.60. The number of benzene rings is 2. The van der Waals surface area contributed by atoms with Crippen LogP contribution in [0.3, 0.4) is 0 Å². The highest BCUT2D eigenvalue weighted by molar-refractivity contribution is 7.09. The Morgan fingerprint density at radius 3 is 2.41 bits per heavy atom. The molecule has 0 bridgehead atoms. The minimum Gasteiger partial charge on any atom is -0.486 e. The van der Waals surface area contributed by atoms with Crippen molar-refractivity contribution in [3.63, 3.8) is 0 Å². The Kier molecular flexibility index (Phi) is 6.60. The standard InChI is InChI=1S/C22H24N2O2S/c1-17(2)24(22(25)13-18-9-5-3-6-10-18)14-19-16-27-21(23-19)15-26-20-11-7-4-8-12-20/h3-12,16-17H,13-15H2,1-2H3. The number of amides is 1. The molecule has 0 unspecified atom stereocenters. The lowest BCUT2D eigenvalue weighted by Crippen LogP contribution is -2.37. The normalized spacial score (nSPS) is 10.8. The van der Waals surface area contributed by atoms with Gasteiger partial charge in [0, 0.05) is 11.4 Å². The summed E-state index contributed by atoms with van der Waals surface area (Å²) in [4.78, 5) is 19.3. The minimum absolute atomic E-state index is 0.117. The quantitative estimate of drug-likeness (QED) is 0.569. The van der Waals surface area contributed by atoms with Gasteiger partial charge in [-0.3, -0.25) is 4.79 Å². The summed E-state index contributed by atoms with van der Waals surface area (Å²) in [6, 6.07) is 19.7. The molecule has 140 valence electrons. The number of carbonyl (C=O) groups is 1. The second-order valence-electron chi connectivity index (χ2n) is 6.61. The van der Waals surface area contributed by atoms with E-state index in [9.17, 15) is 4.79 Å². The number of thiazole rings is 1. The summed E-state index contributed by atoms with van der Waals surface area (Å²) in [6.45, 7) is 5.03. The fourth-order valence-electron chi connectivity index (χ4n) is 2.75. The van der Waals surface area contributed by atoms with Crippen molar-refractivity contribution >= 4 is 17.2 Å². The Hall–Kier alpha value is -2.66. The van der Waals surface area contributed by atoms with Crippen LogP contribution in [-0.2, 0) is 24.4 Å². The maximum absolute atomic E-state index is 12.8. The summed E-state index contributed by atoms with van der Waals surface area (Å²) in [6.07, 6.45) is 0.410. The van der Waals surface area contributed by atoms with Crippen molar-refractivity contribution in [1.82, 2.24) is 9.88 Å². The topological polar surface area (TPSA) is 42.4 Å². The van der Waals surface area contributed by atoms with Crippen molar-refractivity contribution in [1.29, 1.82) is 0 Å². The number of carbonyl (C=O) groups excluding carboxylic acids is 1. The third-order valence-corrected chi connectivity index (χ3v) is 5.05. The lowest BCUT2D eigenvalue weighted by molar-refractivity contribution is -0.132. The van der Waals surface area contributed by atoms with E-state index in [0.29, 0.717) is 19.6 Å². The van der Waals surface area contributed by atoms with Gasteiger partial charge in [0.15, 0.2) is 0 Å². The van der Waals surface area contributed by atoms with E-state index in [1.165, 1.54) is 0 Å². The summed E-state index contributed by atoms with van der Waals surface area (Å²) in [5.74, 6) is 0.947. The Bertz CT molecular complexity index is 847. The third-order valence-electron chi connectivity index (χ3n) is 4.18. The highest BCUT2D eigenvalue weighted by Gasteiger charge is 2.19. The molecule has 27 heavy (non-hydrogen) atoms. The molecule has 0 saturated heterocycles. The first-order chi connectivity index (χ1) is 13.1. The predicted octanol–water partition coefficient (Wildman–Crippen LogP) is 4.70. The second-order valence-corrected chi connectivity index (χ2v) is 7.55. The smallest absolute Gasteiger partial charge is 0.227 e. The molecule has 5 heteroatoms. The predicted molar refractivity (Wildman–Crippen MR) is 109 cm³/mol. The van der Waals surface area contributed by atoms with Crippen LogP contribution >= 0.6 is 11.3 Å². The van der Waals surface area contributed by atoms with E-state index < -0.39 is 0 Å².